The van der Waals surface area contributed by atoms with Gasteiger partial charge in [-0.15, -0.1) is 0 Å². The average molecular weight is 287 g/mol. The van der Waals surface area contributed by atoms with Crippen LogP contribution in [0.3, 0.4) is 0 Å². The Morgan fingerprint density at radius 1 is 1.19 bits per heavy atom. The van der Waals surface area contributed by atoms with Crippen LogP contribution in [-0.2, 0) is 13.0 Å². The summed E-state index contributed by atoms with van der Waals surface area (Å²) in [6, 6.07) is 9.29. The molecular formula is C17H22FN3. The third-order valence-electron chi connectivity index (χ3n) is 3.54. The lowest BCUT2D eigenvalue weighted by molar-refractivity contribution is 0.592. The molecule has 0 aliphatic heterocycles. The molecular weight excluding hydrogens is 265 g/mol. The first-order valence-electron chi connectivity index (χ1n) is 7.30. The molecule has 0 saturated heterocycles. The summed E-state index contributed by atoms with van der Waals surface area (Å²) in [6.45, 7) is 4.24. The van der Waals surface area contributed by atoms with Gasteiger partial charge in [-0.05, 0) is 42.8 Å². The molecule has 4 heteroatoms. The monoisotopic (exact) mass is 287 g/mol. The molecule has 2 aromatic rings. The number of nitrogens with zero attached hydrogens (tertiary/aromatic N) is 2. The summed E-state index contributed by atoms with van der Waals surface area (Å²) in [6.07, 6.45) is 4.51. The van der Waals surface area contributed by atoms with E-state index in [1.807, 2.05) is 32.2 Å². The molecule has 0 radical (unpaired) electrons. The fraction of sp³-hybridized carbons (Fsp3) is 0.353. The van der Waals surface area contributed by atoms with Crippen LogP contribution in [0.1, 0.15) is 18.1 Å². The molecule has 1 heterocycles. The highest BCUT2D eigenvalue weighted by Crippen LogP contribution is 2.22. The van der Waals surface area contributed by atoms with E-state index in [0.717, 1.165) is 30.8 Å². The minimum absolute atomic E-state index is 0.149. The first kappa shape index (κ1) is 15.4. The fourth-order valence-electron chi connectivity index (χ4n) is 2.30. The lowest BCUT2D eigenvalue weighted by atomic mass is 10.1. The smallest absolute Gasteiger partial charge is 0.129 e. The van der Waals surface area contributed by atoms with Gasteiger partial charge in [0.15, 0.2) is 0 Å². The highest BCUT2D eigenvalue weighted by atomic mass is 19.1. The van der Waals surface area contributed by atoms with Crippen LogP contribution in [0, 0.1) is 5.82 Å². The molecule has 1 aromatic carbocycles. The number of halogens is 1. The van der Waals surface area contributed by atoms with Gasteiger partial charge in [-0.2, -0.15) is 0 Å². The molecule has 0 amide bonds. The van der Waals surface area contributed by atoms with Crippen molar-refractivity contribution in [1.82, 2.24) is 10.3 Å². The summed E-state index contributed by atoms with van der Waals surface area (Å²) in [4.78, 5) is 6.13. The first-order valence-corrected chi connectivity index (χ1v) is 7.30. The summed E-state index contributed by atoms with van der Waals surface area (Å²) in [7, 11) is 2.01. The third kappa shape index (κ3) is 4.26. The standard InChI is InChI=1S/C17H22FN3/c1-3-19-13-15-16(18)5-4-6-17(15)21(2)12-9-14-7-10-20-11-8-14/h4-8,10-11,19H,3,9,12-13H2,1-2H3. The fourth-order valence-corrected chi connectivity index (χ4v) is 2.30. The first-order chi connectivity index (χ1) is 10.2. The minimum atomic E-state index is -0.149. The van der Waals surface area contributed by atoms with Crippen molar-refractivity contribution in [2.45, 2.75) is 19.9 Å². The molecule has 112 valence electrons. The number of aromatic nitrogens is 1. The van der Waals surface area contributed by atoms with Crippen molar-refractivity contribution in [2.24, 2.45) is 0 Å². The number of pyridine rings is 1. The largest absolute Gasteiger partial charge is 0.374 e. The number of rotatable bonds is 7. The zero-order valence-electron chi connectivity index (χ0n) is 12.6. The van der Waals surface area contributed by atoms with E-state index in [4.69, 9.17) is 0 Å². The van der Waals surface area contributed by atoms with Crippen LogP contribution in [-0.4, -0.2) is 25.1 Å². The molecule has 0 aliphatic carbocycles. The second-order valence-electron chi connectivity index (χ2n) is 5.04. The van der Waals surface area contributed by atoms with Crippen molar-refractivity contribution in [3.8, 4) is 0 Å². The zero-order chi connectivity index (χ0) is 15.1. The Morgan fingerprint density at radius 2 is 1.95 bits per heavy atom. The normalized spacial score (nSPS) is 10.6. The van der Waals surface area contributed by atoms with Crippen molar-refractivity contribution in [1.29, 1.82) is 0 Å². The summed E-state index contributed by atoms with van der Waals surface area (Å²) in [5.41, 5.74) is 2.92. The summed E-state index contributed by atoms with van der Waals surface area (Å²) in [5, 5.41) is 3.20. The molecule has 0 unspecified atom stereocenters. The lowest BCUT2D eigenvalue weighted by Crippen LogP contribution is -2.24. The van der Waals surface area contributed by atoms with Gasteiger partial charge in [-0.25, -0.2) is 4.39 Å². The van der Waals surface area contributed by atoms with Crippen LogP contribution in [0.25, 0.3) is 0 Å². The Labute approximate surface area is 125 Å². The molecule has 1 N–H and O–H groups in total. The van der Waals surface area contributed by atoms with Crippen molar-refractivity contribution in [2.75, 3.05) is 25.0 Å². The topological polar surface area (TPSA) is 28.2 Å². The van der Waals surface area contributed by atoms with Crippen LogP contribution in [0.4, 0.5) is 10.1 Å². The number of anilines is 1. The van der Waals surface area contributed by atoms with Crippen LogP contribution in [0.5, 0.6) is 0 Å². The molecule has 0 spiro atoms. The number of hydrogen-bond acceptors (Lipinski definition) is 3. The Hall–Kier alpha value is -1.94. The van der Waals surface area contributed by atoms with E-state index in [9.17, 15) is 4.39 Å². The van der Waals surface area contributed by atoms with Gasteiger partial charge in [0.05, 0.1) is 0 Å². The Kier molecular flexibility index (Phi) is 5.69. The van der Waals surface area contributed by atoms with Gasteiger partial charge in [-0.3, -0.25) is 4.98 Å². The number of hydrogen-bond donors (Lipinski definition) is 1. The molecule has 0 aliphatic rings. The molecule has 0 atom stereocenters. The molecule has 0 saturated carbocycles. The zero-order valence-corrected chi connectivity index (χ0v) is 12.6. The van der Waals surface area contributed by atoms with Crippen molar-refractivity contribution in [3.05, 3.63) is 59.7 Å². The maximum Gasteiger partial charge on any atom is 0.129 e. The van der Waals surface area contributed by atoms with Gasteiger partial charge in [0.1, 0.15) is 5.82 Å². The van der Waals surface area contributed by atoms with Crippen LogP contribution >= 0.6 is 0 Å². The van der Waals surface area contributed by atoms with E-state index in [1.165, 1.54) is 11.6 Å². The van der Waals surface area contributed by atoms with Crippen molar-refractivity contribution >= 4 is 5.69 Å². The van der Waals surface area contributed by atoms with E-state index in [-0.39, 0.29) is 5.82 Å². The highest BCUT2D eigenvalue weighted by molar-refractivity contribution is 5.53. The van der Waals surface area contributed by atoms with Crippen LogP contribution in [0.2, 0.25) is 0 Å². The third-order valence-corrected chi connectivity index (χ3v) is 3.54. The molecule has 0 fully saturated rings. The average Bonchev–Trinajstić information content (AvgIpc) is 2.52. The number of nitrogens with one attached hydrogen (secondary N) is 1. The number of likely N-dealkylation sites (N-methyl/N-ethyl adjacent to an activating group) is 1. The molecule has 1 aromatic heterocycles. The summed E-state index contributed by atoms with van der Waals surface area (Å²) < 4.78 is 14.0. The molecule has 21 heavy (non-hydrogen) atoms. The second-order valence-corrected chi connectivity index (χ2v) is 5.04. The lowest BCUT2D eigenvalue weighted by Gasteiger charge is -2.23. The maximum absolute atomic E-state index is 14.0. The molecule has 2 rings (SSSR count). The van der Waals surface area contributed by atoms with Gasteiger partial charge in [-0.1, -0.05) is 13.0 Å². The van der Waals surface area contributed by atoms with Gasteiger partial charge in [0.2, 0.25) is 0 Å². The van der Waals surface area contributed by atoms with E-state index >= 15 is 0 Å². The second kappa shape index (κ2) is 7.74. The van der Waals surface area contributed by atoms with Crippen molar-refractivity contribution < 1.29 is 4.39 Å². The molecule has 3 nitrogen and oxygen atoms in total. The minimum Gasteiger partial charge on any atom is -0.374 e. The predicted molar refractivity (Wildman–Crippen MR) is 85.0 cm³/mol. The predicted octanol–water partition coefficient (Wildman–Crippen LogP) is 3.01. The van der Waals surface area contributed by atoms with E-state index < -0.39 is 0 Å². The van der Waals surface area contributed by atoms with Crippen molar-refractivity contribution in [3.63, 3.8) is 0 Å². The van der Waals surface area contributed by atoms with Gasteiger partial charge >= 0.3 is 0 Å². The van der Waals surface area contributed by atoms with Gasteiger partial charge < -0.3 is 10.2 Å². The maximum atomic E-state index is 14.0. The Bertz CT molecular complexity index is 557. The quantitative estimate of drug-likeness (QED) is 0.848. The Morgan fingerprint density at radius 3 is 2.67 bits per heavy atom. The van der Waals surface area contributed by atoms with Gasteiger partial charge in [0.25, 0.3) is 0 Å². The van der Waals surface area contributed by atoms with Crippen LogP contribution in [0.15, 0.2) is 42.7 Å². The Balaban J connectivity index is 2.07. The highest BCUT2D eigenvalue weighted by Gasteiger charge is 2.11. The van der Waals surface area contributed by atoms with E-state index in [1.54, 1.807) is 18.5 Å². The summed E-state index contributed by atoms with van der Waals surface area (Å²) >= 11 is 0. The summed E-state index contributed by atoms with van der Waals surface area (Å²) in [5.74, 6) is -0.149. The van der Waals surface area contributed by atoms with E-state index in [0.29, 0.717) is 6.54 Å². The van der Waals surface area contributed by atoms with Gasteiger partial charge in [0, 0.05) is 43.8 Å². The van der Waals surface area contributed by atoms with E-state index in [2.05, 4.69) is 15.2 Å². The SMILES string of the molecule is CCNCc1c(F)cccc1N(C)CCc1ccncc1. The van der Waals surface area contributed by atoms with Crippen LogP contribution < -0.4 is 10.2 Å². The molecule has 0 bridgehead atoms. The number of benzene rings is 1.